The normalized spacial score (nSPS) is 10.9. The predicted octanol–water partition coefficient (Wildman–Crippen LogP) is 7.51. The van der Waals surface area contributed by atoms with Crippen molar-refractivity contribution < 1.29 is 9.53 Å². The van der Waals surface area contributed by atoms with Crippen molar-refractivity contribution in [3.8, 4) is 17.0 Å². The van der Waals surface area contributed by atoms with Gasteiger partial charge in [0.1, 0.15) is 12.4 Å². The smallest absolute Gasteiger partial charge is 0.236 e. The first kappa shape index (κ1) is 26.8. The number of halogens is 4. The average Bonchev–Trinajstić information content (AvgIpc) is 3.45. The molecule has 0 unspecified atom stereocenters. The SMILES string of the molecule is C=CCn1c(COc2cc(Cl)ccc2Cl)nnc1SCC(=O)Nc1nc(-c2ccc(Cl)cc2Cl)cs1. The largest absolute Gasteiger partial charge is 0.484 e. The van der Waals surface area contributed by atoms with Gasteiger partial charge in [0, 0.05) is 33.6 Å². The van der Waals surface area contributed by atoms with Crippen molar-refractivity contribution >= 4 is 80.5 Å². The fourth-order valence-electron chi connectivity index (χ4n) is 3.01. The number of aromatic nitrogens is 4. The van der Waals surface area contributed by atoms with Gasteiger partial charge in [0.05, 0.1) is 21.5 Å². The number of thioether (sulfide) groups is 1. The second-order valence-electron chi connectivity index (χ2n) is 7.16. The Morgan fingerprint density at radius 2 is 1.89 bits per heavy atom. The van der Waals surface area contributed by atoms with E-state index in [4.69, 9.17) is 51.1 Å². The summed E-state index contributed by atoms with van der Waals surface area (Å²) in [5.74, 6) is 0.860. The molecule has 0 aliphatic carbocycles. The third kappa shape index (κ3) is 6.73. The molecule has 0 radical (unpaired) electrons. The Bertz CT molecular complexity index is 1410. The van der Waals surface area contributed by atoms with Gasteiger partial charge < -0.3 is 10.1 Å². The van der Waals surface area contributed by atoms with Crippen LogP contribution < -0.4 is 10.1 Å². The van der Waals surface area contributed by atoms with Gasteiger partial charge in [-0.15, -0.1) is 28.1 Å². The van der Waals surface area contributed by atoms with E-state index in [2.05, 4.69) is 27.1 Å². The van der Waals surface area contributed by atoms with Crippen LogP contribution in [0.25, 0.3) is 11.3 Å². The minimum Gasteiger partial charge on any atom is -0.484 e. The number of carbonyl (C=O) groups excluding carboxylic acids is 1. The summed E-state index contributed by atoms with van der Waals surface area (Å²) in [5.41, 5.74) is 1.39. The van der Waals surface area contributed by atoms with Crippen molar-refractivity contribution in [3.05, 3.63) is 80.3 Å². The lowest BCUT2D eigenvalue weighted by Gasteiger charge is -2.10. The molecule has 2 aromatic heterocycles. The molecule has 7 nitrogen and oxygen atoms in total. The van der Waals surface area contributed by atoms with Gasteiger partial charge in [-0.1, -0.05) is 64.2 Å². The monoisotopic (exact) mass is 599 g/mol. The number of rotatable bonds is 10. The molecule has 13 heteroatoms. The maximum atomic E-state index is 12.6. The molecule has 0 fully saturated rings. The average molecular weight is 601 g/mol. The summed E-state index contributed by atoms with van der Waals surface area (Å²) in [7, 11) is 0. The van der Waals surface area contributed by atoms with E-state index in [9.17, 15) is 4.79 Å². The molecule has 0 spiro atoms. The van der Waals surface area contributed by atoms with E-state index >= 15 is 0 Å². The summed E-state index contributed by atoms with van der Waals surface area (Å²) >= 11 is 26.9. The Kier molecular flexibility index (Phi) is 9.16. The number of hydrogen-bond acceptors (Lipinski definition) is 7. The number of thiazole rings is 1. The van der Waals surface area contributed by atoms with Gasteiger partial charge in [-0.05, 0) is 30.3 Å². The predicted molar refractivity (Wildman–Crippen MR) is 148 cm³/mol. The fraction of sp³-hybridized carbons (Fsp3) is 0.130. The van der Waals surface area contributed by atoms with Gasteiger partial charge in [0.25, 0.3) is 0 Å². The minimum atomic E-state index is -0.236. The molecule has 0 saturated heterocycles. The Labute approximate surface area is 235 Å². The summed E-state index contributed by atoms with van der Waals surface area (Å²) in [6.07, 6.45) is 1.71. The van der Waals surface area contributed by atoms with Crippen LogP contribution in [-0.2, 0) is 17.9 Å². The molecule has 2 aromatic carbocycles. The molecule has 36 heavy (non-hydrogen) atoms. The third-order valence-electron chi connectivity index (χ3n) is 4.65. The summed E-state index contributed by atoms with van der Waals surface area (Å²) in [6, 6.07) is 10.1. The van der Waals surface area contributed by atoms with E-state index in [-0.39, 0.29) is 18.3 Å². The van der Waals surface area contributed by atoms with Crippen LogP contribution in [0.1, 0.15) is 5.82 Å². The Hall–Kier alpha value is -2.27. The van der Waals surface area contributed by atoms with Crippen molar-refractivity contribution in [2.75, 3.05) is 11.1 Å². The highest BCUT2D eigenvalue weighted by Crippen LogP contribution is 2.32. The first-order valence-electron chi connectivity index (χ1n) is 10.3. The molecule has 2 heterocycles. The van der Waals surface area contributed by atoms with E-state index in [0.717, 1.165) is 5.56 Å². The molecule has 186 valence electrons. The van der Waals surface area contributed by atoms with Crippen molar-refractivity contribution in [3.63, 3.8) is 0 Å². The molecular weight excluding hydrogens is 584 g/mol. The zero-order valence-corrected chi connectivity index (χ0v) is 23.0. The van der Waals surface area contributed by atoms with Crippen LogP contribution in [0.2, 0.25) is 20.1 Å². The lowest BCUT2D eigenvalue weighted by molar-refractivity contribution is -0.113. The van der Waals surface area contributed by atoms with Gasteiger partial charge >= 0.3 is 0 Å². The van der Waals surface area contributed by atoms with Crippen LogP contribution >= 0.6 is 69.5 Å². The second kappa shape index (κ2) is 12.3. The standard InChI is InChI=1S/C23H17Cl4N5O2S2/c1-2-7-32-20(10-34-19-9-14(25)4-6-16(19)26)30-31-23(32)36-12-21(33)29-22-28-18(11-35-22)15-5-3-13(24)8-17(15)27/h2-6,8-9,11H,1,7,10,12H2,(H,28,29,33). The Balaban J connectivity index is 1.37. The lowest BCUT2D eigenvalue weighted by Crippen LogP contribution is -2.15. The topological polar surface area (TPSA) is 81.9 Å². The van der Waals surface area contributed by atoms with E-state index in [1.54, 1.807) is 42.5 Å². The summed E-state index contributed by atoms with van der Waals surface area (Å²) in [6.45, 7) is 4.34. The summed E-state index contributed by atoms with van der Waals surface area (Å²) in [5, 5.41) is 16.0. The molecule has 1 amide bonds. The highest BCUT2D eigenvalue weighted by atomic mass is 35.5. The third-order valence-corrected chi connectivity index (χ3v) is 7.46. The number of anilines is 1. The number of amides is 1. The summed E-state index contributed by atoms with van der Waals surface area (Å²) < 4.78 is 7.59. The maximum Gasteiger partial charge on any atom is 0.236 e. The fourth-order valence-corrected chi connectivity index (χ4v) is 5.35. The maximum absolute atomic E-state index is 12.6. The molecule has 4 rings (SSSR count). The van der Waals surface area contributed by atoms with E-state index in [0.29, 0.717) is 54.2 Å². The molecule has 0 atom stereocenters. The van der Waals surface area contributed by atoms with Crippen LogP contribution in [0.15, 0.2) is 59.6 Å². The molecule has 1 N–H and O–H groups in total. The van der Waals surface area contributed by atoms with E-state index < -0.39 is 0 Å². The first-order valence-corrected chi connectivity index (χ1v) is 13.7. The first-order chi connectivity index (χ1) is 17.3. The molecular formula is C23H17Cl4N5O2S2. The van der Waals surface area contributed by atoms with Gasteiger partial charge in [-0.25, -0.2) is 4.98 Å². The van der Waals surface area contributed by atoms with E-state index in [1.165, 1.54) is 23.1 Å². The number of allylic oxidation sites excluding steroid dienone is 1. The van der Waals surface area contributed by atoms with Crippen molar-refractivity contribution in [1.82, 2.24) is 19.7 Å². The van der Waals surface area contributed by atoms with Gasteiger partial charge in [-0.2, -0.15) is 0 Å². The van der Waals surface area contributed by atoms with Gasteiger partial charge in [0.2, 0.25) is 5.91 Å². The highest BCUT2D eigenvalue weighted by molar-refractivity contribution is 7.99. The van der Waals surface area contributed by atoms with Crippen LogP contribution in [0.4, 0.5) is 5.13 Å². The van der Waals surface area contributed by atoms with E-state index in [1.807, 2.05) is 9.95 Å². The van der Waals surface area contributed by atoms with Crippen LogP contribution in [-0.4, -0.2) is 31.4 Å². The molecule has 0 saturated carbocycles. The Morgan fingerprint density at radius 3 is 2.67 bits per heavy atom. The summed E-state index contributed by atoms with van der Waals surface area (Å²) in [4.78, 5) is 17.0. The second-order valence-corrected chi connectivity index (χ2v) is 10.6. The lowest BCUT2D eigenvalue weighted by atomic mass is 10.2. The number of ether oxygens (including phenoxy) is 1. The van der Waals surface area contributed by atoms with Crippen LogP contribution in [0, 0.1) is 0 Å². The Morgan fingerprint density at radius 1 is 1.11 bits per heavy atom. The van der Waals surface area contributed by atoms with Crippen LogP contribution in [0.5, 0.6) is 5.75 Å². The molecule has 4 aromatic rings. The minimum absolute atomic E-state index is 0.104. The van der Waals surface area contributed by atoms with Crippen molar-refractivity contribution in [1.29, 1.82) is 0 Å². The number of nitrogens with zero attached hydrogens (tertiary/aromatic N) is 4. The zero-order chi connectivity index (χ0) is 25.7. The molecule has 0 aliphatic rings. The molecule has 0 aliphatic heterocycles. The number of carbonyl (C=O) groups is 1. The van der Waals surface area contributed by atoms with Crippen molar-refractivity contribution in [2.45, 2.75) is 18.3 Å². The van der Waals surface area contributed by atoms with Gasteiger partial charge in [-0.3, -0.25) is 9.36 Å². The van der Waals surface area contributed by atoms with Crippen molar-refractivity contribution in [2.24, 2.45) is 0 Å². The highest BCUT2D eigenvalue weighted by Gasteiger charge is 2.16. The number of benzene rings is 2. The zero-order valence-electron chi connectivity index (χ0n) is 18.4. The van der Waals surface area contributed by atoms with Gasteiger partial charge in [0.15, 0.2) is 16.1 Å². The van der Waals surface area contributed by atoms with Crippen LogP contribution in [0.3, 0.4) is 0 Å². The number of nitrogens with one attached hydrogen (secondary N) is 1. The quantitative estimate of drug-likeness (QED) is 0.150. The molecule has 0 bridgehead atoms. The number of hydrogen-bond donors (Lipinski definition) is 1.